The van der Waals surface area contributed by atoms with Crippen molar-refractivity contribution >= 4 is 28.2 Å². The smallest absolute Gasteiger partial charge is 0.238 e. The summed E-state index contributed by atoms with van der Waals surface area (Å²) in [6.45, 7) is 0. The van der Waals surface area contributed by atoms with Crippen molar-refractivity contribution in [2.75, 3.05) is 4.90 Å². The van der Waals surface area contributed by atoms with Gasteiger partial charge in [-0.1, -0.05) is 115 Å². The highest BCUT2D eigenvalue weighted by molar-refractivity contribution is 6.11. The number of hydrogen-bond acceptors (Lipinski definition) is 6. The highest BCUT2D eigenvalue weighted by Gasteiger charge is 2.30. The first-order valence-electron chi connectivity index (χ1n) is 13.5. The molecule has 0 aliphatic carbocycles. The van der Waals surface area contributed by atoms with Gasteiger partial charge >= 0.3 is 0 Å². The van der Waals surface area contributed by atoms with Crippen LogP contribution < -0.4 is 4.90 Å². The zero-order valence-electron chi connectivity index (χ0n) is 21.9. The minimum absolute atomic E-state index is 0.537. The molecule has 8 rings (SSSR count). The summed E-state index contributed by atoms with van der Waals surface area (Å²) in [5.74, 6) is 2.46. The van der Waals surface area contributed by atoms with E-state index in [1.54, 1.807) is 0 Å². The molecule has 5 aromatic carbocycles. The van der Waals surface area contributed by atoms with E-state index in [2.05, 4.69) is 23.1 Å². The van der Waals surface area contributed by atoms with Crippen molar-refractivity contribution in [3.8, 4) is 45.4 Å². The monoisotopic (exact) mass is 526 g/mol. The van der Waals surface area contributed by atoms with Crippen LogP contribution in [0.4, 0.5) is 17.3 Å². The zero-order valence-corrected chi connectivity index (χ0v) is 21.9. The van der Waals surface area contributed by atoms with Crippen LogP contribution in [0.1, 0.15) is 0 Å². The summed E-state index contributed by atoms with van der Waals surface area (Å²) in [5.41, 5.74) is 7.48. The molecule has 0 N–H and O–H groups in total. The Labute approximate surface area is 236 Å². The molecule has 192 valence electrons. The van der Waals surface area contributed by atoms with E-state index >= 15 is 0 Å². The molecule has 6 heteroatoms. The lowest BCUT2D eigenvalue weighted by atomic mass is 9.97. The van der Waals surface area contributed by atoms with E-state index in [1.807, 2.05) is 115 Å². The molecular formula is C35H22N6. The first-order valence-corrected chi connectivity index (χ1v) is 13.5. The van der Waals surface area contributed by atoms with E-state index in [0.717, 1.165) is 50.2 Å². The van der Waals surface area contributed by atoms with Crippen molar-refractivity contribution in [3.05, 3.63) is 133 Å². The van der Waals surface area contributed by atoms with E-state index in [0.29, 0.717) is 23.4 Å². The molecule has 0 radical (unpaired) electrons. The van der Waals surface area contributed by atoms with Gasteiger partial charge in [0, 0.05) is 22.3 Å². The van der Waals surface area contributed by atoms with Crippen molar-refractivity contribution in [2.45, 2.75) is 0 Å². The van der Waals surface area contributed by atoms with Gasteiger partial charge in [-0.15, -0.1) is 0 Å². The lowest BCUT2D eigenvalue weighted by Crippen LogP contribution is -2.19. The number of hydrogen-bond donors (Lipinski definition) is 0. The summed E-state index contributed by atoms with van der Waals surface area (Å²) >= 11 is 0. The van der Waals surface area contributed by atoms with Gasteiger partial charge in [-0.2, -0.15) is 9.97 Å². The van der Waals surface area contributed by atoms with Gasteiger partial charge in [0.2, 0.25) is 5.95 Å². The van der Waals surface area contributed by atoms with Crippen LogP contribution in [-0.2, 0) is 0 Å². The fraction of sp³-hybridized carbons (Fsp3) is 0. The standard InChI is InChI=1S/C35H22N6/c1-4-13-23(14-5-1)32-36-27-20-12-22-29-30(27)31(37-32)26-19-10-11-21-28(26)41(29)35-39-33(24-15-6-2-7-16-24)38-34(40-35)25-17-8-3-9-18-25/h1-22H. The Hall–Kier alpha value is -5.75. The second-order valence-corrected chi connectivity index (χ2v) is 9.80. The molecule has 1 aliphatic rings. The van der Waals surface area contributed by atoms with Gasteiger partial charge in [-0.3, -0.25) is 4.90 Å². The molecule has 6 nitrogen and oxygen atoms in total. The lowest BCUT2D eigenvalue weighted by molar-refractivity contribution is 1.02. The van der Waals surface area contributed by atoms with Gasteiger partial charge in [0.05, 0.1) is 28.0 Å². The van der Waals surface area contributed by atoms with E-state index in [9.17, 15) is 0 Å². The predicted octanol–water partition coefficient (Wildman–Crippen LogP) is 8.27. The number of fused-ring (bicyclic) bond motifs is 2. The molecule has 0 saturated carbocycles. The maximum absolute atomic E-state index is 5.11. The third kappa shape index (κ3) is 3.93. The average molecular weight is 527 g/mol. The number of aromatic nitrogens is 5. The van der Waals surface area contributed by atoms with Crippen LogP contribution in [0.25, 0.3) is 56.3 Å². The van der Waals surface area contributed by atoms with Gasteiger partial charge < -0.3 is 0 Å². The second-order valence-electron chi connectivity index (χ2n) is 9.80. The van der Waals surface area contributed by atoms with E-state index in [-0.39, 0.29) is 0 Å². The third-order valence-corrected chi connectivity index (χ3v) is 7.26. The van der Waals surface area contributed by atoms with Crippen LogP contribution in [0.2, 0.25) is 0 Å². The summed E-state index contributed by atoms with van der Waals surface area (Å²) in [6.07, 6.45) is 0. The molecule has 2 aromatic heterocycles. The van der Waals surface area contributed by atoms with Crippen LogP contribution in [0, 0.1) is 0 Å². The lowest BCUT2D eigenvalue weighted by Gasteiger charge is -2.31. The molecule has 0 spiro atoms. The zero-order chi connectivity index (χ0) is 27.2. The topological polar surface area (TPSA) is 67.7 Å². The summed E-state index contributed by atoms with van der Waals surface area (Å²) in [5, 5.41) is 0.966. The fourth-order valence-electron chi connectivity index (χ4n) is 5.37. The molecule has 1 aliphatic heterocycles. The normalized spacial score (nSPS) is 11.9. The number of benzene rings is 5. The van der Waals surface area contributed by atoms with Crippen LogP contribution in [0.5, 0.6) is 0 Å². The Kier molecular flexibility index (Phi) is 5.35. The maximum Gasteiger partial charge on any atom is 0.238 e. The second kappa shape index (κ2) is 9.47. The Balaban J connectivity index is 1.41. The molecule has 0 fully saturated rings. The molecule has 0 bridgehead atoms. The number of rotatable bonds is 4. The molecule has 41 heavy (non-hydrogen) atoms. The Morgan fingerprint density at radius 3 is 1.51 bits per heavy atom. The molecule has 3 heterocycles. The molecule has 0 atom stereocenters. The Bertz CT molecular complexity index is 1990. The van der Waals surface area contributed by atoms with Gasteiger partial charge in [0.1, 0.15) is 0 Å². The summed E-state index contributed by atoms with van der Waals surface area (Å²) in [7, 11) is 0. The van der Waals surface area contributed by atoms with Gasteiger partial charge in [0.25, 0.3) is 0 Å². The van der Waals surface area contributed by atoms with Crippen LogP contribution in [-0.4, -0.2) is 24.9 Å². The van der Waals surface area contributed by atoms with Gasteiger partial charge in [-0.05, 0) is 18.2 Å². The fourth-order valence-corrected chi connectivity index (χ4v) is 5.37. The molecule has 0 amide bonds. The number of anilines is 3. The van der Waals surface area contributed by atoms with E-state index in [1.165, 1.54) is 0 Å². The molecule has 0 saturated heterocycles. The van der Waals surface area contributed by atoms with Crippen molar-refractivity contribution in [1.29, 1.82) is 0 Å². The third-order valence-electron chi connectivity index (χ3n) is 7.26. The molecule has 0 unspecified atom stereocenters. The van der Waals surface area contributed by atoms with E-state index in [4.69, 9.17) is 24.9 Å². The summed E-state index contributed by atoms with van der Waals surface area (Å²) in [6, 6.07) is 44.6. The molecular weight excluding hydrogens is 504 g/mol. The first kappa shape index (κ1) is 23.2. The van der Waals surface area contributed by atoms with Crippen LogP contribution in [0.15, 0.2) is 133 Å². The van der Waals surface area contributed by atoms with Crippen LogP contribution >= 0.6 is 0 Å². The quantitative estimate of drug-likeness (QED) is 0.230. The number of para-hydroxylation sites is 1. The Morgan fingerprint density at radius 2 is 0.902 bits per heavy atom. The Morgan fingerprint density at radius 1 is 0.390 bits per heavy atom. The highest BCUT2D eigenvalue weighted by Crippen LogP contribution is 2.49. The number of nitrogens with zero attached hydrogens (tertiary/aromatic N) is 6. The summed E-state index contributed by atoms with van der Waals surface area (Å²) in [4.78, 5) is 27.2. The first-order chi connectivity index (χ1) is 20.3. The van der Waals surface area contributed by atoms with Crippen LogP contribution in [0.3, 0.4) is 0 Å². The van der Waals surface area contributed by atoms with Crippen molar-refractivity contribution in [3.63, 3.8) is 0 Å². The minimum atomic E-state index is 0.537. The average Bonchev–Trinajstić information content (AvgIpc) is 3.06. The highest BCUT2D eigenvalue weighted by atomic mass is 15.3. The molecule has 7 aromatic rings. The minimum Gasteiger partial charge on any atom is -0.278 e. The largest absolute Gasteiger partial charge is 0.278 e. The van der Waals surface area contributed by atoms with Crippen molar-refractivity contribution in [1.82, 2.24) is 24.9 Å². The van der Waals surface area contributed by atoms with Crippen molar-refractivity contribution < 1.29 is 0 Å². The van der Waals surface area contributed by atoms with Gasteiger partial charge in [-0.25, -0.2) is 15.0 Å². The predicted molar refractivity (Wildman–Crippen MR) is 163 cm³/mol. The van der Waals surface area contributed by atoms with Crippen molar-refractivity contribution in [2.24, 2.45) is 0 Å². The SMILES string of the molecule is c1ccc(-c2nc(-c3ccccc3)nc(N3c4ccccc4-c4nc(-c5ccccc5)nc5cccc3c45)n2)cc1. The van der Waals surface area contributed by atoms with Gasteiger partial charge in [0.15, 0.2) is 17.5 Å². The maximum atomic E-state index is 5.11. The van der Waals surface area contributed by atoms with E-state index < -0.39 is 0 Å². The summed E-state index contributed by atoms with van der Waals surface area (Å²) < 4.78 is 0.